The predicted molar refractivity (Wildman–Crippen MR) is 130 cm³/mol. The number of rotatable bonds is 4. The van der Waals surface area contributed by atoms with Gasteiger partial charge in [0.1, 0.15) is 5.52 Å². The van der Waals surface area contributed by atoms with E-state index in [2.05, 4.69) is 31.2 Å². The molecule has 4 aromatic rings. The van der Waals surface area contributed by atoms with Gasteiger partial charge >= 0.3 is 12.1 Å². The summed E-state index contributed by atoms with van der Waals surface area (Å²) in [6.07, 6.45) is -4.30. The maximum Gasteiger partial charge on any atom is 0.416 e. The Bertz CT molecular complexity index is 1330. The molecule has 0 aliphatic rings. The van der Waals surface area contributed by atoms with E-state index in [0.717, 1.165) is 6.07 Å². The minimum Gasteiger partial charge on any atom is -0.478 e. The second-order valence-corrected chi connectivity index (χ2v) is 8.49. The van der Waals surface area contributed by atoms with Crippen molar-refractivity contribution >= 4 is 67.8 Å². The molecule has 0 saturated heterocycles. The molecule has 0 aliphatic heterocycles. The number of hydrogen-bond acceptors (Lipinski definition) is 4. The minimum atomic E-state index is -4.30. The van der Waals surface area contributed by atoms with E-state index in [0.29, 0.717) is 37.2 Å². The number of H-pyrrole nitrogens is 1. The van der Waals surface area contributed by atoms with E-state index in [4.69, 9.17) is 34.0 Å². The maximum atomic E-state index is 12.2. The Hall–Kier alpha value is -2.79. The first-order chi connectivity index (χ1) is 16.0. The molecule has 5 N–H and O–H groups in total. The number of nitrogens with zero attached hydrogens (tertiary/aromatic N) is 1. The molecule has 0 fully saturated rings. The van der Waals surface area contributed by atoms with Crippen LogP contribution < -0.4 is 11.1 Å². The molecular formula is C22H16BrCl2F3N4O2. The monoisotopic (exact) mass is 574 g/mol. The molecule has 12 heteroatoms. The highest BCUT2D eigenvalue weighted by Crippen LogP contribution is 2.33. The summed E-state index contributed by atoms with van der Waals surface area (Å²) in [5, 5.41) is 13.0. The van der Waals surface area contributed by atoms with Gasteiger partial charge in [0, 0.05) is 11.0 Å². The Morgan fingerprint density at radius 2 is 1.76 bits per heavy atom. The summed E-state index contributed by atoms with van der Waals surface area (Å²) < 4.78 is 37.1. The number of nitrogens with one attached hydrogen (secondary N) is 2. The van der Waals surface area contributed by atoms with Crippen molar-refractivity contribution < 1.29 is 23.1 Å². The van der Waals surface area contributed by atoms with Crippen molar-refractivity contribution in [2.24, 2.45) is 5.73 Å². The molecular weight excluding hydrogens is 560 g/mol. The number of aromatic carboxylic acids is 1. The lowest BCUT2D eigenvalue weighted by Crippen LogP contribution is -2.11. The lowest BCUT2D eigenvalue weighted by atomic mass is 10.1. The lowest BCUT2D eigenvalue weighted by Gasteiger charge is -2.10. The van der Waals surface area contributed by atoms with Crippen LogP contribution in [0.3, 0.4) is 0 Å². The summed E-state index contributed by atoms with van der Waals surface area (Å²) in [6, 6.07) is 13.5. The zero-order valence-electron chi connectivity index (χ0n) is 17.1. The molecule has 1 aromatic heterocycles. The Morgan fingerprint density at radius 1 is 1.12 bits per heavy atom. The molecule has 0 radical (unpaired) electrons. The quantitative estimate of drug-likeness (QED) is 0.205. The largest absolute Gasteiger partial charge is 0.478 e. The van der Waals surface area contributed by atoms with Crippen LogP contribution in [0.5, 0.6) is 0 Å². The van der Waals surface area contributed by atoms with Crippen LogP contribution in [-0.2, 0) is 12.7 Å². The van der Waals surface area contributed by atoms with Gasteiger partial charge < -0.3 is 21.1 Å². The van der Waals surface area contributed by atoms with Crippen LogP contribution in [-0.4, -0.2) is 21.0 Å². The molecule has 0 atom stereocenters. The molecule has 0 spiro atoms. The number of aromatic nitrogens is 2. The third kappa shape index (κ3) is 6.01. The number of imidazole rings is 1. The number of alkyl halides is 3. The van der Waals surface area contributed by atoms with Crippen molar-refractivity contribution in [3.05, 3.63) is 85.8 Å². The van der Waals surface area contributed by atoms with E-state index in [1.54, 1.807) is 18.2 Å². The van der Waals surface area contributed by atoms with Crippen LogP contribution in [0.4, 0.5) is 24.8 Å². The van der Waals surface area contributed by atoms with Crippen LogP contribution in [0.2, 0.25) is 10.0 Å². The van der Waals surface area contributed by atoms with Gasteiger partial charge in [-0.1, -0.05) is 47.5 Å². The molecule has 34 heavy (non-hydrogen) atoms. The zero-order chi connectivity index (χ0) is 25.0. The van der Waals surface area contributed by atoms with E-state index < -0.39 is 17.7 Å². The van der Waals surface area contributed by atoms with Gasteiger partial charge in [-0.15, -0.1) is 0 Å². The predicted octanol–water partition coefficient (Wildman–Crippen LogP) is 7.24. The van der Waals surface area contributed by atoms with E-state index >= 15 is 0 Å². The van der Waals surface area contributed by atoms with Crippen LogP contribution >= 0.6 is 39.1 Å². The summed E-state index contributed by atoms with van der Waals surface area (Å²) in [5.41, 5.74) is 6.50. The summed E-state index contributed by atoms with van der Waals surface area (Å²) in [5.74, 6) is -0.603. The fourth-order valence-corrected chi connectivity index (χ4v) is 4.01. The number of hydrogen-bond donors (Lipinski definition) is 4. The van der Waals surface area contributed by atoms with Crippen molar-refractivity contribution in [2.45, 2.75) is 12.7 Å². The fourth-order valence-electron chi connectivity index (χ4n) is 2.97. The van der Waals surface area contributed by atoms with Crippen molar-refractivity contribution in [3.63, 3.8) is 0 Å². The standard InChI is InChI=1S/C14H8BrCl2N3O2.C8H8F3N/c15-7-4-6(13(21)22)5-10-11(7)19-14(18-10)20-12-8(16)2-1-3-9(12)17;9-8(10,11)7-4-2-1-3-6(7)5-12/h1-5H,(H,21,22)(H2,18,19,20);1-4H,5,12H2. The number of benzene rings is 3. The van der Waals surface area contributed by atoms with Gasteiger partial charge in [0.2, 0.25) is 5.95 Å². The highest BCUT2D eigenvalue weighted by atomic mass is 79.9. The highest BCUT2D eigenvalue weighted by Gasteiger charge is 2.32. The number of aromatic amines is 1. The number of para-hydroxylation sites is 1. The minimum absolute atomic E-state index is 0.0876. The Morgan fingerprint density at radius 3 is 2.32 bits per heavy atom. The number of halogens is 6. The highest BCUT2D eigenvalue weighted by molar-refractivity contribution is 9.10. The van der Waals surface area contributed by atoms with Gasteiger partial charge in [-0.3, -0.25) is 0 Å². The first kappa shape index (κ1) is 25.8. The zero-order valence-corrected chi connectivity index (χ0v) is 20.1. The summed E-state index contributed by atoms with van der Waals surface area (Å²) in [4.78, 5) is 18.4. The molecule has 6 nitrogen and oxygen atoms in total. The fraction of sp³-hybridized carbons (Fsp3) is 0.0909. The lowest BCUT2D eigenvalue weighted by molar-refractivity contribution is -0.138. The number of nitrogens with two attached hydrogens (primary N) is 1. The number of fused-ring (bicyclic) bond motifs is 1. The normalized spacial score (nSPS) is 11.1. The molecule has 0 bridgehead atoms. The number of carbonyl (C=O) groups is 1. The van der Waals surface area contributed by atoms with Gasteiger partial charge in [0.05, 0.1) is 32.4 Å². The molecule has 4 rings (SSSR count). The Labute approximate surface area is 210 Å². The molecule has 178 valence electrons. The van der Waals surface area contributed by atoms with E-state index in [-0.39, 0.29) is 17.7 Å². The SMILES string of the molecule is NCc1ccccc1C(F)(F)F.O=C(O)c1cc(Br)c2nc(Nc3c(Cl)cccc3Cl)[nH]c2c1. The van der Waals surface area contributed by atoms with E-state index in [9.17, 15) is 18.0 Å². The van der Waals surface area contributed by atoms with E-state index in [1.807, 2.05) is 0 Å². The number of carboxylic acids is 1. The smallest absolute Gasteiger partial charge is 0.416 e. The van der Waals surface area contributed by atoms with Crippen molar-refractivity contribution in [2.75, 3.05) is 5.32 Å². The summed E-state index contributed by atoms with van der Waals surface area (Å²) >= 11 is 15.5. The second kappa shape index (κ2) is 10.6. The third-order valence-corrected chi connectivity index (χ3v) is 5.77. The van der Waals surface area contributed by atoms with Crippen molar-refractivity contribution in [3.8, 4) is 0 Å². The van der Waals surface area contributed by atoms with Crippen molar-refractivity contribution in [1.82, 2.24) is 9.97 Å². The van der Waals surface area contributed by atoms with Gasteiger partial charge in [0.15, 0.2) is 0 Å². The van der Waals surface area contributed by atoms with Gasteiger partial charge in [-0.05, 0) is 51.8 Å². The van der Waals surface area contributed by atoms with Crippen molar-refractivity contribution in [1.29, 1.82) is 0 Å². The number of carboxylic acid groups (broad SMARTS) is 1. The molecule has 0 amide bonds. The van der Waals surface area contributed by atoms with Crippen LogP contribution in [0.15, 0.2) is 59.1 Å². The summed E-state index contributed by atoms with van der Waals surface area (Å²) in [6.45, 7) is -0.0876. The second-order valence-electron chi connectivity index (χ2n) is 6.83. The Balaban J connectivity index is 0.000000229. The van der Waals surface area contributed by atoms with Crippen LogP contribution in [0, 0.1) is 0 Å². The average molecular weight is 576 g/mol. The van der Waals surface area contributed by atoms with Crippen LogP contribution in [0.25, 0.3) is 11.0 Å². The van der Waals surface area contributed by atoms with Gasteiger partial charge in [-0.2, -0.15) is 13.2 Å². The molecule has 1 heterocycles. The maximum absolute atomic E-state index is 12.2. The molecule has 0 unspecified atom stereocenters. The van der Waals surface area contributed by atoms with Gasteiger partial charge in [0.25, 0.3) is 0 Å². The number of anilines is 2. The molecule has 0 saturated carbocycles. The third-order valence-electron chi connectivity index (χ3n) is 4.54. The topological polar surface area (TPSA) is 104 Å². The summed E-state index contributed by atoms with van der Waals surface area (Å²) in [7, 11) is 0. The van der Waals surface area contributed by atoms with Crippen LogP contribution in [0.1, 0.15) is 21.5 Å². The first-order valence-electron chi connectivity index (χ1n) is 9.50. The van der Waals surface area contributed by atoms with Gasteiger partial charge in [-0.25, -0.2) is 9.78 Å². The van der Waals surface area contributed by atoms with E-state index in [1.165, 1.54) is 30.3 Å². The molecule has 0 aliphatic carbocycles. The Kier molecular flexibility index (Phi) is 8.09. The average Bonchev–Trinajstić information content (AvgIpc) is 3.19. The first-order valence-corrected chi connectivity index (χ1v) is 11.0. The molecule has 3 aromatic carbocycles.